The third kappa shape index (κ3) is 24.1. The number of Topliss-reactive ketones (excluding diaryl/α,β-unsaturated/α-hetero) is 2. The van der Waals surface area contributed by atoms with Crippen molar-refractivity contribution in [2.24, 2.45) is 29.2 Å². The molecule has 0 radical (unpaired) electrons. The van der Waals surface area contributed by atoms with E-state index in [0.29, 0.717) is 44.5 Å². The number of carbonyl (C=O) groups is 9. The van der Waals surface area contributed by atoms with Gasteiger partial charge in [0.25, 0.3) is 0 Å². The molecule has 0 spiro atoms. The Morgan fingerprint density at radius 2 is 1.33 bits per heavy atom. The van der Waals surface area contributed by atoms with Crippen LogP contribution in [0, 0.1) is 17.8 Å². The van der Waals surface area contributed by atoms with E-state index in [0.717, 1.165) is 92.8 Å². The zero-order valence-electron chi connectivity index (χ0n) is 71.4. The number of fused-ring (bicyclic) bond motifs is 15. The van der Waals surface area contributed by atoms with Gasteiger partial charge >= 0.3 is 11.9 Å². The topological polar surface area (TPSA) is 556 Å². The number of carboxylic acid groups (broad SMARTS) is 1. The third-order valence-electron chi connectivity index (χ3n) is 23.3. The molecule has 7 aliphatic heterocycles. The average molecular weight is 1840 g/mol. The molecule has 0 unspecified atom stereocenters. The largest absolute Gasteiger partial charge is 0.507 e. The van der Waals surface area contributed by atoms with Crippen molar-refractivity contribution in [2.45, 2.75) is 253 Å². The number of nitrogens with one attached hydrogen (secondary N) is 5. The minimum atomic E-state index is -3.84. The fourth-order valence-electron chi connectivity index (χ4n) is 16.3. The molecule has 38 heteroatoms. The number of rotatable bonds is 31. The minimum absolute atomic E-state index is 0.0364. The molecule has 2 saturated heterocycles. The van der Waals surface area contributed by atoms with Gasteiger partial charge in [0.2, 0.25) is 51.6 Å². The van der Waals surface area contributed by atoms with Crippen LogP contribution in [0.25, 0.3) is 11.1 Å². The molecule has 18 atom stereocenters. The Hall–Kier alpha value is -10.2. The maximum Gasteiger partial charge on any atom is 0.330 e. The number of benzene rings is 6. The van der Waals surface area contributed by atoms with E-state index in [9.17, 15) is 73.6 Å². The molecule has 13 rings (SSSR count). The van der Waals surface area contributed by atoms with E-state index >= 15 is 24.0 Å². The van der Waals surface area contributed by atoms with E-state index in [-0.39, 0.29) is 70.5 Å². The second kappa shape index (κ2) is 43.5. The van der Waals surface area contributed by atoms with Gasteiger partial charge in [-0.2, -0.15) is 0 Å². The molecule has 6 aromatic rings. The molecule has 0 aromatic heterocycles. The van der Waals surface area contributed by atoms with E-state index in [2.05, 4.69) is 32.9 Å². The number of hydrogen-bond donors (Lipinski definition) is 16. The van der Waals surface area contributed by atoms with Crippen molar-refractivity contribution in [3.05, 3.63) is 141 Å². The highest BCUT2D eigenvalue weighted by Gasteiger charge is 2.52. The molecule has 18 N–H and O–H groups in total. The van der Waals surface area contributed by atoms with Crippen LogP contribution in [-0.4, -0.2) is 194 Å². The molecule has 0 saturated carbocycles. The summed E-state index contributed by atoms with van der Waals surface area (Å²) in [5, 5.41) is 115. The van der Waals surface area contributed by atoms with Crippen LogP contribution in [-0.2, 0) is 67.4 Å². The van der Waals surface area contributed by atoms with Crippen molar-refractivity contribution in [2.75, 3.05) is 19.8 Å². The van der Waals surface area contributed by atoms with E-state index in [4.69, 9.17) is 72.6 Å². The van der Waals surface area contributed by atoms with Gasteiger partial charge in [-0.05, 0) is 153 Å². The van der Waals surface area contributed by atoms with Crippen molar-refractivity contribution in [3.63, 3.8) is 0 Å². The van der Waals surface area contributed by atoms with Crippen molar-refractivity contribution in [3.8, 4) is 62.9 Å². The Balaban J connectivity index is 0.992. The van der Waals surface area contributed by atoms with Crippen LogP contribution < -0.4 is 61.1 Å². The van der Waals surface area contributed by atoms with Crippen LogP contribution in [0.3, 0.4) is 0 Å². The lowest BCUT2D eigenvalue weighted by Gasteiger charge is -2.47. The van der Waals surface area contributed by atoms with Gasteiger partial charge in [0.15, 0.2) is 41.5 Å². The monoisotopic (exact) mass is 1840 g/mol. The van der Waals surface area contributed by atoms with Crippen molar-refractivity contribution in [1.82, 2.24) is 26.0 Å². The van der Waals surface area contributed by atoms with Gasteiger partial charge in [0, 0.05) is 72.9 Å². The number of nitrogens with two attached hydrogens (primary N) is 2. The fraction of sp³-hybridized carbons (Fsp3) is 0.500. The summed E-state index contributed by atoms with van der Waals surface area (Å²) < 4.78 is 79.1. The Bertz CT molecular complexity index is 5160. The number of amides is 5. The molecule has 11 bridgehead atoms. The number of phenolic OH excluding ortho intramolecular Hbond substituents is 2. The summed E-state index contributed by atoms with van der Waals surface area (Å²) in [5.74, 6) is -19.6. The first-order chi connectivity index (χ1) is 60.8. The number of carbonyl (C=O) groups excluding carboxylic acids is 8. The lowest BCUT2D eigenvalue weighted by atomic mass is 9.84. The maximum atomic E-state index is 16.5. The van der Waals surface area contributed by atoms with Crippen LogP contribution in [0.15, 0.2) is 108 Å². The van der Waals surface area contributed by atoms with Crippen LogP contribution in [0.2, 0.25) is 10.0 Å². The number of sulfonamides is 1. The number of ether oxygens (including phenoxy) is 8. The number of aliphatic hydroxyl groups excluding tert-OH is 6. The lowest BCUT2D eigenvalue weighted by Crippen LogP contribution is -2.64. The van der Waals surface area contributed by atoms with Crippen LogP contribution in [0.4, 0.5) is 0 Å². The number of aliphatic hydroxyl groups is 6. The zero-order valence-corrected chi connectivity index (χ0v) is 73.8. The normalized spacial score (nSPS) is 25.9. The summed E-state index contributed by atoms with van der Waals surface area (Å²) in [6.07, 6.45) is -12.8. The third-order valence-corrected chi connectivity index (χ3v) is 25.4. The van der Waals surface area contributed by atoms with E-state index in [1.54, 1.807) is 19.1 Å². The van der Waals surface area contributed by atoms with Gasteiger partial charge in [-0.15, -0.1) is 0 Å². The Labute approximate surface area is 749 Å². The quantitative estimate of drug-likeness (QED) is 0.0110. The van der Waals surface area contributed by atoms with Crippen LogP contribution >= 0.6 is 23.2 Å². The van der Waals surface area contributed by atoms with Crippen molar-refractivity contribution >= 4 is 86.3 Å². The first-order valence-corrected chi connectivity index (χ1v) is 45.0. The van der Waals surface area contributed by atoms with Gasteiger partial charge in [0.1, 0.15) is 83.1 Å². The van der Waals surface area contributed by atoms with Crippen LogP contribution in [0.5, 0.6) is 51.7 Å². The van der Waals surface area contributed by atoms with E-state index < -0.39 is 265 Å². The van der Waals surface area contributed by atoms with E-state index in [1.807, 2.05) is 13.8 Å². The van der Waals surface area contributed by atoms with Gasteiger partial charge < -0.3 is 117 Å². The van der Waals surface area contributed by atoms with Crippen molar-refractivity contribution in [1.29, 1.82) is 0 Å². The van der Waals surface area contributed by atoms with Crippen LogP contribution in [0.1, 0.15) is 209 Å². The number of ketones is 2. The highest BCUT2D eigenvalue weighted by atomic mass is 35.5. The summed E-state index contributed by atoms with van der Waals surface area (Å²) >= 11 is 14.3. The average Bonchev–Trinajstić information content (AvgIpc) is 0.764. The molecule has 128 heavy (non-hydrogen) atoms. The van der Waals surface area contributed by atoms with Gasteiger partial charge in [-0.25, -0.2) is 17.9 Å². The summed E-state index contributed by atoms with van der Waals surface area (Å²) in [6, 6.07) is 11.7. The highest BCUT2D eigenvalue weighted by Crippen LogP contribution is 2.51. The molecule has 7 heterocycles. The highest BCUT2D eigenvalue weighted by molar-refractivity contribution is 7.89. The summed E-state index contributed by atoms with van der Waals surface area (Å²) in [7, 11) is -3.84. The number of esters is 1. The SMILES string of the molecule is CCCCCCCOc1ccc(S(=O)(=O)NCCCCCCCC(=O)Oc2cc(O)c3c(c2)[C@@H](C(=O)O)NC(=O)[C@H]2NC(=O)[C@H](CC(=O)[C@@H]4NC(=O)[C@H](CC(N)=O)CC(=O)[C@H](NC(=O)[C@H](CC)CC(C)C)[C@H](O)c5ccc(c(Cl)c5)Oc5cc4cc(c5O[C@@H]4O[C@H](CO)[C@@H](O)[C@H](O)[C@H]4O[C@H]4C[C@](C)(N)[C@H](O)[C@H](C)O4)Oc4ccc(cc4Cl)[C@H]2O)c2ccc(O)c-3c2)cc1. The number of unbranched alkanes of at least 4 members (excludes halogenated alkanes) is 8. The second-order valence-corrected chi connectivity index (χ2v) is 36.2. The lowest BCUT2D eigenvalue weighted by molar-refractivity contribution is -0.333. The number of phenols is 2. The van der Waals surface area contributed by atoms with Gasteiger partial charge in [-0.1, -0.05) is 114 Å². The predicted molar refractivity (Wildman–Crippen MR) is 460 cm³/mol. The maximum absolute atomic E-state index is 16.5. The molecule has 5 amide bonds. The molecule has 6 aromatic carbocycles. The second-order valence-electron chi connectivity index (χ2n) is 33.7. The van der Waals surface area contributed by atoms with Gasteiger partial charge in [-0.3, -0.25) is 38.4 Å². The smallest absolute Gasteiger partial charge is 0.330 e. The van der Waals surface area contributed by atoms with Crippen molar-refractivity contribution < 1.29 is 135 Å². The standard InChI is InChI=1S/C90H111Cl2N7O28S/c1-7-9-10-14-17-30-120-52-22-24-54(25-23-52)128(118,119)95-29-16-13-11-12-15-18-70(106)122-53-39-57-72(61(102)40-53)56-32-47(19-26-60(56)101)55-41-63(104)73-50-36-66(123-64-27-20-48(33-58(64)91)77(107)75(98-84(112)46(8-2)31-44(3)4)62(103)35-51(38-69(93)105)85(113)96-73)81(127-89-82(80(110)79(109)68(43-100)125-89)126-71-42-90(6,94)83(111)45(5)121-71)67(37-50)124-65-28-21-49(34-59(65)92)78(108)76(99-86(55)114)87(115)97-74(57)88(116)117/h19-28,32-34,36-37,39-40,44-46,51,55,68,71,73-80,82-83,89,95,100-102,107-111H,7-18,29-31,35,38,41-43,94H2,1-6H3,(H2,93,105)(H,96,113)(H,97,115)(H,98,112)(H,99,114)(H,116,117)/t45-,46+,51-,55+,68+,71-,73+,74-,75-,76-,77+,78+,79+,80-,82+,83+,89-,90-/m0/s1. The first-order valence-electron chi connectivity index (χ1n) is 42.8. The number of carboxylic acids is 1. The fourth-order valence-corrected chi connectivity index (χ4v) is 17.8. The number of aliphatic carboxylic acids is 1. The number of primary amides is 1. The molecule has 35 nitrogen and oxygen atoms in total. The number of halogens is 2. The molecule has 2 fully saturated rings. The molecule has 0 aliphatic carbocycles. The van der Waals surface area contributed by atoms with Gasteiger partial charge in [0.05, 0.1) is 52.2 Å². The number of aromatic hydroxyl groups is 2. The van der Waals surface area contributed by atoms with E-state index in [1.165, 1.54) is 44.2 Å². The Morgan fingerprint density at radius 1 is 0.688 bits per heavy atom. The summed E-state index contributed by atoms with van der Waals surface area (Å²) in [4.78, 5) is 134. The molecular formula is C90H111Cl2N7O28S. The summed E-state index contributed by atoms with van der Waals surface area (Å²) in [5.41, 5.74) is 8.36. The Kier molecular flexibility index (Phi) is 33.5. The minimum Gasteiger partial charge on any atom is -0.507 e. The zero-order chi connectivity index (χ0) is 92.9. The summed E-state index contributed by atoms with van der Waals surface area (Å²) in [6.45, 7) is 10.3. The molecular weight excluding hydrogens is 1730 g/mol. The predicted octanol–water partition coefficient (Wildman–Crippen LogP) is 8.39. The first kappa shape index (κ1) is 98.4. The molecule has 694 valence electrons. The Morgan fingerprint density at radius 3 is 1.95 bits per heavy atom. The number of hydrogen-bond acceptors (Lipinski definition) is 28. The molecule has 7 aliphatic rings.